The minimum absolute atomic E-state index is 0.803. The summed E-state index contributed by atoms with van der Waals surface area (Å²) in [6, 6.07) is 3.96. The number of hydrogen-bond donors (Lipinski definition) is 1. The minimum Gasteiger partial charge on any atom is -0.279 e. The third-order valence-electron chi connectivity index (χ3n) is 1.04. The quantitative estimate of drug-likeness (QED) is 0.673. The van der Waals surface area contributed by atoms with Crippen molar-refractivity contribution >= 4 is 17.0 Å². The van der Waals surface area contributed by atoms with E-state index in [1.807, 2.05) is 17.5 Å². The average molecular weight is 155 g/mol. The maximum Gasteiger partial charge on any atom is 0.0704 e. The molecule has 0 unspecified atom stereocenters. The molecule has 0 bridgehead atoms. The maximum absolute atomic E-state index is 4.68. The highest BCUT2D eigenvalue weighted by Gasteiger charge is 1.95. The largest absolute Gasteiger partial charge is 0.279 e. The predicted octanol–water partition coefficient (Wildman–Crippen LogP) is 1.87. The van der Waals surface area contributed by atoms with Gasteiger partial charge in [-0.05, 0) is 11.4 Å². The van der Waals surface area contributed by atoms with Crippen molar-refractivity contribution in [1.29, 1.82) is 0 Å². The number of nitrogens with one attached hydrogen (secondary N) is 1. The Bertz CT molecular complexity index is 205. The molecule has 0 fully saturated rings. The SMILES string of the molecule is C=C(NOC)c1cccs1. The molecule has 0 amide bonds. The van der Waals surface area contributed by atoms with Gasteiger partial charge in [0.1, 0.15) is 0 Å². The van der Waals surface area contributed by atoms with Gasteiger partial charge < -0.3 is 0 Å². The molecule has 2 nitrogen and oxygen atoms in total. The maximum atomic E-state index is 4.68. The molecular weight excluding hydrogens is 146 g/mol. The molecule has 1 rings (SSSR count). The zero-order valence-corrected chi connectivity index (χ0v) is 6.57. The van der Waals surface area contributed by atoms with Gasteiger partial charge in [-0.25, -0.2) is 0 Å². The van der Waals surface area contributed by atoms with Crippen LogP contribution in [0.1, 0.15) is 4.88 Å². The summed E-state index contributed by atoms with van der Waals surface area (Å²) < 4.78 is 0. The molecule has 1 aromatic rings. The second-order valence-electron chi connectivity index (χ2n) is 1.76. The molecule has 0 aliphatic carbocycles. The zero-order chi connectivity index (χ0) is 7.40. The lowest BCUT2D eigenvalue weighted by Gasteiger charge is -2.02. The Kier molecular flexibility index (Phi) is 2.48. The fraction of sp³-hybridized carbons (Fsp3) is 0.143. The van der Waals surface area contributed by atoms with E-state index in [2.05, 4.69) is 16.9 Å². The lowest BCUT2D eigenvalue weighted by atomic mass is 10.4. The predicted molar refractivity (Wildman–Crippen MR) is 43.5 cm³/mol. The first-order valence-electron chi connectivity index (χ1n) is 2.86. The molecule has 0 radical (unpaired) electrons. The van der Waals surface area contributed by atoms with Gasteiger partial charge in [0.05, 0.1) is 17.7 Å². The van der Waals surface area contributed by atoms with Crippen molar-refractivity contribution in [1.82, 2.24) is 5.48 Å². The van der Waals surface area contributed by atoms with Crippen LogP contribution in [0.4, 0.5) is 0 Å². The summed E-state index contributed by atoms with van der Waals surface area (Å²) in [5.41, 5.74) is 3.47. The molecule has 0 saturated heterocycles. The molecule has 54 valence electrons. The van der Waals surface area contributed by atoms with Crippen LogP contribution in [0.15, 0.2) is 24.1 Å². The van der Waals surface area contributed by atoms with E-state index in [0.29, 0.717) is 0 Å². The number of rotatable bonds is 3. The van der Waals surface area contributed by atoms with Crippen LogP contribution in [0.2, 0.25) is 0 Å². The second kappa shape index (κ2) is 3.39. The van der Waals surface area contributed by atoms with E-state index in [0.717, 1.165) is 10.6 Å². The van der Waals surface area contributed by atoms with Gasteiger partial charge in [-0.3, -0.25) is 10.3 Å². The molecule has 1 heterocycles. The third kappa shape index (κ3) is 1.59. The lowest BCUT2D eigenvalue weighted by molar-refractivity contribution is 0.137. The van der Waals surface area contributed by atoms with Gasteiger partial charge in [-0.1, -0.05) is 12.6 Å². The fourth-order valence-electron chi connectivity index (χ4n) is 0.624. The molecule has 1 aromatic heterocycles. The van der Waals surface area contributed by atoms with Crippen molar-refractivity contribution in [3.63, 3.8) is 0 Å². The Morgan fingerprint density at radius 3 is 3.10 bits per heavy atom. The van der Waals surface area contributed by atoms with Crippen molar-refractivity contribution in [2.45, 2.75) is 0 Å². The first-order chi connectivity index (χ1) is 4.84. The van der Waals surface area contributed by atoms with Gasteiger partial charge >= 0.3 is 0 Å². The third-order valence-corrected chi connectivity index (χ3v) is 1.97. The van der Waals surface area contributed by atoms with Crippen LogP contribution in [-0.2, 0) is 4.84 Å². The summed E-state index contributed by atoms with van der Waals surface area (Å²) >= 11 is 1.63. The van der Waals surface area contributed by atoms with Crippen molar-refractivity contribution in [2.75, 3.05) is 7.11 Å². The van der Waals surface area contributed by atoms with Gasteiger partial charge in [-0.2, -0.15) is 0 Å². The van der Waals surface area contributed by atoms with E-state index in [4.69, 9.17) is 0 Å². The van der Waals surface area contributed by atoms with Crippen LogP contribution >= 0.6 is 11.3 Å². The van der Waals surface area contributed by atoms with E-state index in [9.17, 15) is 0 Å². The summed E-state index contributed by atoms with van der Waals surface area (Å²) in [5.74, 6) is 0. The van der Waals surface area contributed by atoms with Gasteiger partial charge in [-0.15, -0.1) is 11.3 Å². The van der Waals surface area contributed by atoms with Crippen LogP contribution in [-0.4, -0.2) is 7.11 Å². The Morgan fingerprint density at radius 2 is 2.60 bits per heavy atom. The lowest BCUT2D eigenvalue weighted by Crippen LogP contribution is -2.07. The zero-order valence-electron chi connectivity index (χ0n) is 5.76. The van der Waals surface area contributed by atoms with E-state index in [1.54, 1.807) is 18.4 Å². The van der Waals surface area contributed by atoms with Crippen molar-refractivity contribution < 1.29 is 4.84 Å². The van der Waals surface area contributed by atoms with Crippen LogP contribution < -0.4 is 5.48 Å². The average Bonchev–Trinajstić information content (AvgIpc) is 2.38. The number of hydroxylamine groups is 1. The van der Waals surface area contributed by atoms with E-state index in [-0.39, 0.29) is 0 Å². The number of thiophene rings is 1. The van der Waals surface area contributed by atoms with Crippen LogP contribution in [0.3, 0.4) is 0 Å². The molecule has 0 atom stereocenters. The first kappa shape index (κ1) is 7.31. The van der Waals surface area contributed by atoms with Gasteiger partial charge in [0.2, 0.25) is 0 Å². The Morgan fingerprint density at radius 1 is 1.80 bits per heavy atom. The smallest absolute Gasteiger partial charge is 0.0704 e. The van der Waals surface area contributed by atoms with Gasteiger partial charge in [0.15, 0.2) is 0 Å². The monoisotopic (exact) mass is 155 g/mol. The van der Waals surface area contributed by atoms with E-state index < -0.39 is 0 Å². The second-order valence-corrected chi connectivity index (χ2v) is 2.71. The van der Waals surface area contributed by atoms with Crippen molar-refractivity contribution in [3.8, 4) is 0 Å². The standard InChI is InChI=1S/C7H9NOS/c1-6(8-9-2)7-4-3-5-10-7/h3-5,8H,1H2,2H3. The highest BCUT2D eigenvalue weighted by molar-refractivity contribution is 7.11. The Balaban J connectivity index is 2.59. The van der Waals surface area contributed by atoms with Crippen LogP contribution in [0.25, 0.3) is 5.70 Å². The van der Waals surface area contributed by atoms with Crippen LogP contribution in [0, 0.1) is 0 Å². The summed E-state index contributed by atoms with van der Waals surface area (Å²) in [5, 5.41) is 2.00. The topological polar surface area (TPSA) is 21.3 Å². The summed E-state index contributed by atoms with van der Waals surface area (Å²) in [6.07, 6.45) is 0. The summed E-state index contributed by atoms with van der Waals surface area (Å²) in [6.45, 7) is 3.76. The first-order valence-corrected chi connectivity index (χ1v) is 3.74. The van der Waals surface area contributed by atoms with E-state index in [1.165, 1.54) is 0 Å². The minimum atomic E-state index is 0.803. The number of hydrogen-bond acceptors (Lipinski definition) is 3. The normalized spacial score (nSPS) is 9.30. The molecule has 10 heavy (non-hydrogen) atoms. The summed E-state index contributed by atoms with van der Waals surface area (Å²) in [7, 11) is 1.57. The molecule has 0 aliphatic heterocycles. The highest BCUT2D eigenvalue weighted by atomic mass is 32.1. The molecule has 0 spiro atoms. The van der Waals surface area contributed by atoms with Gasteiger partial charge in [0, 0.05) is 0 Å². The van der Waals surface area contributed by atoms with Gasteiger partial charge in [0.25, 0.3) is 0 Å². The summed E-state index contributed by atoms with van der Waals surface area (Å²) in [4.78, 5) is 5.78. The molecule has 3 heteroatoms. The van der Waals surface area contributed by atoms with E-state index >= 15 is 0 Å². The molecule has 0 aromatic carbocycles. The molecule has 0 saturated carbocycles. The molecular formula is C7H9NOS. The van der Waals surface area contributed by atoms with Crippen LogP contribution in [0.5, 0.6) is 0 Å². The van der Waals surface area contributed by atoms with Crippen molar-refractivity contribution in [2.24, 2.45) is 0 Å². The Hall–Kier alpha value is -0.800. The fourth-order valence-corrected chi connectivity index (χ4v) is 1.27. The molecule has 0 aliphatic rings. The Labute approximate surface area is 64.1 Å². The molecule has 1 N–H and O–H groups in total. The van der Waals surface area contributed by atoms with Crippen molar-refractivity contribution in [3.05, 3.63) is 29.0 Å². The highest BCUT2D eigenvalue weighted by Crippen LogP contribution is 2.15.